The van der Waals surface area contributed by atoms with E-state index >= 15 is 0 Å². The van der Waals surface area contributed by atoms with Crippen LogP contribution in [-0.2, 0) is 19.3 Å². The van der Waals surface area contributed by atoms with Crippen molar-refractivity contribution in [1.82, 2.24) is 15.6 Å². The maximum Gasteiger partial charge on any atom is 0.416 e. The first-order valence-electron chi connectivity index (χ1n) is 7.33. The van der Waals surface area contributed by atoms with Gasteiger partial charge in [-0.25, -0.2) is 4.98 Å². The molecular weight excluding hydrogens is 321 g/mol. The van der Waals surface area contributed by atoms with Gasteiger partial charge in [-0.05, 0) is 31.5 Å². The molecule has 1 heterocycles. The summed E-state index contributed by atoms with van der Waals surface area (Å²) in [6, 6.07) is 4.99. The van der Waals surface area contributed by atoms with Gasteiger partial charge in [0.1, 0.15) is 5.76 Å². The van der Waals surface area contributed by atoms with Crippen molar-refractivity contribution in [3.05, 3.63) is 52.7 Å². The van der Waals surface area contributed by atoms with Crippen molar-refractivity contribution in [2.75, 3.05) is 7.05 Å². The number of nitrogens with one attached hydrogen (secondary N) is 2. The minimum absolute atomic E-state index is 0.349. The molecular formula is C16H19F3N4O. The number of rotatable bonds is 4. The van der Waals surface area contributed by atoms with E-state index in [1.807, 2.05) is 13.8 Å². The molecule has 0 bridgehead atoms. The molecule has 5 nitrogen and oxygen atoms in total. The van der Waals surface area contributed by atoms with Crippen molar-refractivity contribution in [3.8, 4) is 0 Å². The zero-order chi connectivity index (χ0) is 17.7. The first-order chi connectivity index (χ1) is 11.3. The number of oxazole rings is 1. The highest BCUT2D eigenvalue weighted by Crippen LogP contribution is 2.29. The van der Waals surface area contributed by atoms with Crippen LogP contribution in [0.15, 0.2) is 33.7 Å². The van der Waals surface area contributed by atoms with Gasteiger partial charge in [-0.3, -0.25) is 4.99 Å². The first kappa shape index (κ1) is 17.8. The number of hydrogen-bond donors (Lipinski definition) is 2. The van der Waals surface area contributed by atoms with Crippen LogP contribution in [0.5, 0.6) is 0 Å². The monoisotopic (exact) mass is 340 g/mol. The summed E-state index contributed by atoms with van der Waals surface area (Å²) >= 11 is 0. The topological polar surface area (TPSA) is 62.5 Å². The van der Waals surface area contributed by atoms with Gasteiger partial charge in [0.15, 0.2) is 5.96 Å². The molecule has 1 aromatic carbocycles. The van der Waals surface area contributed by atoms with Crippen LogP contribution in [0.4, 0.5) is 13.2 Å². The highest BCUT2D eigenvalue weighted by Gasteiger charge is 2.29. The third-order valence-corrected chi connectivity index (χ3v) is 3.44. The molecule has 0 saturated carbocycles. The second-order valence-corrected chi connectivity index (χ2v) is 5.22. The molecule has 0 aliphatic heterocycles. The van der Waals surface area contributed by atoms with E-state index in [0.717, 1.165) is 23.6 Å². The Morgan fingerprint density at radius 1 is 1.12 bits per heavy atom. The number of alkyl halides is 3. The van der Waals surface area contributed by atoms with E-state index < -0.39 is 11.7 Å². The van der Waals surface area contributed by atoms with E-state index in [0.29, 0.717) is 30.5 Å². The lowest BCUT2D eigenvalue weighted by Crippen LogP contribution is -2.36. The number of nitrogens with zero attached hydrogens (tertiary/aromatic N) is 2. The fraction of sp³-hybridized carbons (Fsp3) is 0.375. The number of halogens is 3. The van der Waals surface area contributed by atoms with Crippen LogP contribution in [0, 0.1) is 13.8 Å². The number of hydrogen-bond acceptors (Lipinski definition) is 3. The first-order valence-corrected chi connectivity index (χ1v) is 7.33. The van der Waals surface area contributed by atoms with Gasteiger partial charge >= 0.3 is 6.18 Å². The Bertz CT molecular complexity index is 686. The van der Waals surface area contributed by atoms with E-state index in [1.165, 1.54) is 12.1 Å². The summed E-state index contributed by atoms with van der Waals surface area (Å²) in [6.45, 7) is 4.41. The predicted molar refractivity (Wildman–Crippen MR) is 84.5 cm³/mol. The Hall–Kier alpha value is -2.51. The SMILES string of the molecule is CN=C(NCc1ccc(C(F)(F)F)cc1)NCc1nc(C)c(C)o1. The fourth-order valence-electron chi connectivity index (χ4n) is 1.99. The molecule has 0 atom stereocenters. The molecule has 8 heteroatoms. The number of aliphatic imine (C=N–C) groups is 1. The Morgan fingerprint density at radius 3 is 2.25 bits per heavy atom. The summed E-state index contributed by atoms with van der Waals surface area (Å²) < 4.78 is 43.0. The van der Waals surface area contributed by atoms with Crippen molar-refractivity contribution < 1.29 is 17.6 Å². The normalized spacial score (nSPS) is 12.3. The molecule has 0 radical (unpaired) electrons. The highest BCUT2D eigenvalue weighted by atomic mass is 19.4. The lowest BCUT2D eigenvalue weighted by atomic mass is 10.1. The van der Waals surface area contributed by atoms with Gasteiger partial charge in [-0.1, -0.05) is 12.1 Å². The number of aryl methyl sites for hydroxylation is 2. The highest BCUT2D eigenvalue weighted by molar-refractivity contribution is 5.79. The summed E-state index contributed by atoms with van der Waals surface area (Å²) in [5.41, 5.74) is 0.886. The van der Waals surface area contributed by atoms with Crippen LogP contribution in [0.25, 0.3) is 0 Å². The van der Waals surface area contributed by atoms with Gasteiger partial charge in [-0.15, -0.1) is 0 Å². The summed E-state index contributed by atoms with van der Waals surface area (Å²) in [5, 5.41) is 6.06. The Labute approximate surface area is 138 Å². The number of guanidine groups is 1. The van der Waals surface area contributed by atoms with Crippen molar-refractivity contribution in [2.45, 2.75) is 33.1 Å². The minimum Gasteiger partial charge on any atom is -0.444 e. The second kappa shape index (κ2) is 7.37. The van der Waals surface area contributed by atoms with Gasteiger partial charge in [0.2, 0.25) is 5.89 Å². The average molecular weight is 340 g/mol. The fourth-order valence-corrected chi connectivity index (χ4v) is 1.99. The van der Waals surface area contributed by atoms with Crippen molar-refractivity contribution in [1.29, 1.82) is 0 Å². The van der Waals surface area contributed by atoms with E-state index in [-0.39, 0.29) is 0 Å². The molecule has 0 aliphatic carbocycles. The summed E-state index contributed by atoms with van der Waals surface area (Å²) in [4.78, 5) is 8.30. The standard InChI is InChI=1S/C16H19F3N4O/c1-10-11(2)24-14(23-10)9-22-15(20-3)21-8-12-4-6-13(7-5-12)16(17,18)19/h4-7H,8-9H2,1-3H3,(H2,20,21,22). The molecule has 0 fully saturated rings. The van der Waals surface area contributed by atoms with Gasteiger partial charge in [0, 0.05) is 13.6 Å². The van der Waals surface area contributed by atoms with E-state index in [2.05, 4.69) is 20.6 Å². The van der Waals surface area contributed by atoms with Crippen molar-refractivity contribution in [2.24, 2.45) is 4.99 Å². The largest absolute Gasteiger partial charge is 0.444 e. The molecule has 0 spiro atoms. The maximum atomic E-state index is 12.5. The van der Waals surface area contributed by atoms with Crippen LogP contribution in [-0.4, -0.2) is 18.0 Å². The molecule has 2 N–H and O–H groups in total. The van der Waals surface area contributed by atoms with Gasteiger partial charge in [0.25, 0.3) is 0 Å². The van der Waals surface area contributed by atoms with Crippen LogP contribution >= 0.6 is 0 Å². The lowest BCUT2D eigenvalue weighted by Gasteiger charge is -2.11. The minimum atomic E-state index is -4.32. The van der Waals surface area contributed by atoms with E-state index in [1.54, 1.807) is 7.05 Å². The number of benzene rings is 1. The quantitative estimate of drug-likeness (QED) is 0.663. The van der Waals surface area contributed by atoms with Gasteiger partial charge in [-0.2, -0.15) is 13.2 Å². The summed E-state index contributed by atoms with van der Waals surface area (Å²) in [6.07, 6.45) is -4.32. The van der Waals surface area contributed by atoms with Crippen LogP contribution < -0.4 is 10.6 Å². The molecule has 0 unspecified atom stereocenters. The molecule has 2 aromatic rings. The summed E-state index contributed by atoms with van der Waals surface area (Å²) in [7, 11) is 1.61. The smallest absolute Gasteiger partial charge is 0.416 e. The zero-order valence-corrected chi connectivity index (χ0v) is 13.7. The predicted octanol–water partition coefficient (Wildman–Crippen LogP) is 3.18. The van der Waals surface area contributed by atoms with Crippen LogP contribution in [0.2, 0.25) is 0 Å². The third kappa shape index (κ3) is 4.74. The van der Waals surface area contributed by atoms with Crippen molar-refractivity contribution >= 4 is 5.96 Å². The Morgan fingerprint density at radius 2 is 1.75 bits per heavy atom. The molecule has 2 rings (SSSR count). The van der Waals surface area contributed by atoms with Crippen LogP contribution in [0.1, 0.15) is 28.5 Å². The van der Waals surface area contributed by atoms with Gasteiger partial charge < -0.3 is 15.1 Å². The lowest BCUT2D eigenvalue weighted by molar-refractivity contribution is -0.137. The van der Waals surface area contributed by atoms with Crippen LogP contribution in [0.3, 0.4) is 0 Å². The molecule has 1 aromatic heterocycles. The van der Waals surface area contributed by atoms with Gasteiger partial charge in [0.05, 0.1) is 17.8 Å². The van der Waals surface area contributed by atoms with E-state index in [4.69, 9.17) is 4.42 Å². The molecule has 0 aliphatic rings. The Kier molecular flexibility index (Phi) is 5.48. The Balaban J connectivity index is 1.87. The van der Waals surface area contributed by atoms with Crippen molar-refractivity contribution in [3.63, 3.8) is 0 Å². The molecule has 0 amide bonds. The molecule has 0 saturated heterocycles. The molecule has 130 valence electrons. The number of aromatic nitrogens is 1. The maximum absolute atomic E-state index is 12.5. The average Bonchev–Trinajstić information content (AvgIpc) is 2.85. The zero-order valence-electron chi connectivity index (χ0n) is 13.7. The summed E-state index contributed by atoms with van der Waals surface area (Å²) in [5.74, 6) is 1.81. The molecule has 24 heavy (non-hydrogen) atoms. The third-order valence-electron chi connectivity index (χ3n) is 3.44. The second-order valence-electron chi connectivity index (χ2n) is 5.22. The van der Waals surface area contributed by atoms with E-state index in [9.17, 15) is 13.2 Å².